The van der Waals surface area contributed by atoms with Gasteiger partial charge in [-0.25, -0.2) is 14.6 Å². The number of urea groups is 1. The highest BCUT2D eigenvalue weighted by Gasteiger charge is 2.41. The number of aliphatic hydroxyl groups is 1. The average molecular weight is 748 g/mol. The van der Waals surface area contributed by atoms with Gasteiger partial charge in [-0.05, 0) is 54.5 Å². The molecule has 0 saturated carbocycles. The van der Waals surface area contributed by atoms with Gasteiger partial charge in [0.1, 0.15) is 23.6 Å². The zero-order valence-electron chi connectivity index (χ0n) is 32.5. The van der Waals surface area contributed by atoms with Crippen molar-refractivity contribution in [3.63, 3.8) is 0 Å². The quantitative estimate of drug-likeness (QED) is 0.117. The highest BCUT2D eigenvalue weighted by Crippen LogP contribution is 2.24. The summed E-state index contributed by atoms with van der Waals surface area (Å²) in [5.74, 6) is 0.0708. The number of pyridine rings is 1. The summed E-state index contributed by atoms with van der Waals surface area (Å²) in [4.78, 5) is 61.3. The molecule has 3 aromatic rings. The largest absolute Gasteiger partial charge is 0.465 e. The van der Waals surface area contributed by atoms with Crippen molar-refractivity contribution in [3.8, 4) is 0 Å². The summed E-state index contributed by atoms with van der Waals surface area (Å²) in [6, 6.07) is 15.7. The smallest absolute Gasteiger partial charge is 0.405 e. The van der Waals surface area contributed by atoms with E-state index in [1.54, 1.807) is 36.6 Å². The van der Waals surface area contributed by atoms with Gasteiger partial charge in [0, 0.05) is 31.7 Å². The molecule has 1 saturated heterocycles. The normalized spacial score (nSPS) is 16.1. The number of nitrogens with one attached hydrogen (secondary N) is 3. The standard InChI is InChI=1S/C40H57N7O7/c1-8-26(3)34(47-21-20-45(39(47)53)23-29-17-13-14-27(4)41-29)36(49)42-32(22-28-15-11-10-12-16-28)33(48)25-46(24-31-19-18-30(9-2)54-31)44-37(50)35(40(5,6)7)43-38(51)52/h10-19,26,32-35,43,48H,8-9,20-25H2,1-7H3,(H,42,49)(H,44,50)(H,51,52)/t26-,32-,33-,34-,35?/m0/s1. The maximum absolute atomic E-state index is 14.4. The molecular formula is C40H57N7O7. The fraction of sp³-hybridized carbons (Fsp3) is 0.525. The molecule has 54 heavy (non-hydrogen) atoms. The van der Waals surface area contributed by atoms with E-state index in [9.17, 15) is 29.4 Å². The number of carboxylic acid groups (broad SMARTS) is 1. The molecule has 1 fully saturated rings. The third-order valence-corrected chi connectivity index (χ3v) is 9.79. The summed E-state index contributed by atoms with van der Waals surface area (Å²) in [6.07, 6.45) is -1.02. The van der Waals surface area contributed by atoms with Crippen molar-refractivity contribution in [1.29, 1.82) is 0 Å². The van der Waals surface area contributed by atoms with Gasteiger partial charge in [0.2, 0.25) is 5.91 Å². The van der Waals surface area contributed by atoms with Crippen LogP contribution in [0.3, 0.4) is 0 Å². The van der Waals surface area contributed by atoms with Gasteiger partial charge in [-0.1, -0.05) is 84.4 Å². The number of hydrogen-bond donors (Lipinski definition) is 5. The molecule has 0 aliphatic carbocycles. The van der Waals surface area contributed by atoms with Crippen LogP contribution in [0.2, 0.25) is 0 Å². The number of aromatic nitrogens is 1. The van der Waals surface area contributed by atoms with E-state index < -0.39 is 41.6 Å². The molecule has 294 valence electrons. The van der Waals surface area contributed by atoms with Gasteiger partial charge in [-0.15, -0.1) is 0 Å². The Bertz CT molecular complexity index is 1710. The Labute approximate surface area is 318 Å². The molecule has 1 unspecified atom stereocenters. The van der Waals surface area contributed by atoms with Gasteiger partial charge < -0.3 is 35.1 Å². The Morgan fingerprint density at radius 3 is 2.28 bits per heavy atom. The van der Waals surface area contributed by atoms with Gasteiger partial charge in [0.25, 0.3) is 5.91 Å². The number of benzene rings is 1. The Balaban J connectivity index is 1.60. The lowest BCUT2D eigenvalue weighted by molar-refractivity contribution is -0.133. The number of amides is 5. The fourth-order valence-corrected chi connectivity index (χ4v) is 6.65. The second-order valence-electron chi connectivity index (χ2n) is 15.2. The number of aliphatic hydroxyl groups excluding tert-OH is 1. The van der Waals surface area contributed by atoms with E-state index in [1.807, 2.05) is 82.3 Å². The van der Waals surface area contributed by atoms with Gasteiger partial charge in [-0.2, -0.15) is 0 Å². The third kappa shape index (κ3) is 11.5. The predicted octanol–water partition coefficient (Wildman–Crippen LogP) is 4.50. The van der Waals surface area contributed by atoms with Gasteiger partial charge in [-0.3, -0.25) is 20.0 Å². The molecular weight excluding hydrogens is 690 g/mol. The minimum atomic E-state index is -1.34. The minimum absolute atomic E-state index is 0.0577. The van der Waals surface area contributed by atoms with E-state index in [2.05, 4.69) is 21.0 Å². The molecule has 1 aromatic carbocycles. The van der Waals surface area contributed by atoms with E-state index in [4.69, 9.17) is 4.42 Å². The van der Waals surface area contributed by atoms with Crippen LogP contribution in [-0.4, -0.2) is 97.8 Å². The molecule has 14 nitrogen and oxygen atoms in total. The van der Waals surface area contributed by atoms with Crippen molar-refractivity contribution in [2.45, 2.75) is 105 Å². The number of aryl methyl sites for hydroxylation is 2. The van der Waals surface area contributed by atoms with Crippen molar-refractivity contribution >= 4 is 23.9 Å². The van der Waals surface area contributed by atoms with Crippen molar-refractivity contribution in [2.75, 3.05) is 19.6 Å². The fourth-order valence-electron chi connectivity index (χ4n) is 6.65. The number of hydrogen-bond acceptors (Lipinski definition) is 8. The summed E-state index contributed by atoms with van der Waals surface area (Å²) in [7, 11) is 0. The molecule has 5 N–H and O–H groups in total. The number of nitrogens with zero attached hydrogens (tertiary/aromatic N) is 4. The van der Waals surface area contributed by atoms with Crippen LogP contribution in [-0.2, 0) is 35.5 Å². The molecule has 0 spiro atoms. The van der Waals surface area contributed by atoms with Crippen LogP contribution in [0.5, 0.6) is 0 Å². The van der Waals surface area contributed by atoms with Crippen molar-refractivity contribution < 1.29 is 33.8 Å². The van der Waals surface area contributed by atoms with Crippen LogP contribution in [0.15, 0.2) is 65.1 Å². The van der Waals surface area contributed by atoms with E-state index in [1.165, 1.54) is 5.01 Å². The number of hydrazine groups is 1. The van der Waals surface area contributed by atoms with Crippen molar-refractivity contribution in [1.82, 2.24) is 35.9 Å². The third-order valence-electron chi connectivity index (χ3n) is 9.79. The zero-order chi connectivity index (χ0) is 39.6. The molecule has 14 heteroatoms. The highest BCUT2D eigenvalue weighted by molar-refractivity contribution is 5.88. The summed E-state index contributed by atoms with van der Waals surface area (Å²) >= 11 is 0. The monoisotopic (exact) mass is 747 g/mol. The van der Waals surface area contributed by atoms with E-state index in [-0.39, 0.29) is 37.4 Å². The van der Waals surface area contributed by atoms with Gasteiger partial charge >= 0.3 is 12.1 Å². The molecule has 3 heterocycles. The second kappa shape index (κ2) is 18.9. The maximum atomic E-state index is 14.4. The molecule has 1 aliphatic heterocycles. The Kier molecular flexibility index (Phi) is 14.6. The molecule has 5 amide bonds. The molecule has 1 aliphatic rings. The number of rotatable bonds is 18. The van der Waals surface area contributed by atoms with Crippen LogP contribution in [0, 0.1) is 18.3 Å². The van der Waals surface area contributed by atoms with Crippen LogP contribution >= 0.6 is 0 Å². The van der Waals surface area contributed by atoms with E-state index in [0.29, 0.717) is 38.2 Å². The molecule has 0 radical (unpaired) electrons. The Morgan fingerprint density at radius 2 is 1.67 bits per heavy atom. The topological polar surface area (TPSA) is 181 Å². The van der Waals surface area contributed by atoms with E-state index >= 15 is 0 Å². The number of carbonyl (C=O) groups is 4. The zero-order valence-corrected chi connectivity index (χ0v) is 32.5. The minimum Gasteiger partial charge on any atom is -0.465 e. The number of furan rings is 1. The first-order chi connectivity index (χ1) is 25.6. The maximum Gasteiger partial charge on any atom is 0.405 e. The van der Waals surface area contributed by atoms with Crippen molar-refractivity contribution in [3.05, 3.63) is 89.1 Å². The first kappa shape index (κ1) is 41.8. The second-order valence-corrected chi connectivity index (χ2v) is 15.2. The van der Waals surface area contributed by atoms with Crippen molar-refractivity contribution in [2.24, 2.45) is 11.3 Å². The lowest BCUT2D eigenvalue weighted by atomic mass is 9.86. The summed E-state index contributed by atoms with van der Waals surface area (Å²) in [6.45, 7) is 14.0. The predicted molar refractivity (Wildman–Crippen MR) is 204 cm³/mol. The van der Waals surface area contributed by atoms with Crippen LogP contribution < -0.4 is 16.1 Å². The van der Waals surface area contributed by atoms with Gasteiger partial charge in [0.05, 0.1) is 30.9 Å². The first-order valence-electron chi connectivity index (χ1n) is 18.7. The van der Waals surface area contributed by atoms with Crippen LogP contribution in [0.4, 0.5) is 9.59 Å². The molecule has 4 rings (SSSR count). The highest BCUT2D eigenvalue weighted by atomic mass is 16.4. The van der Waals surface area contributed by atoms with Gasteiger partial charge in [0.15, 0.2) is 0 Å². The van der Waals surface area contributed by atoms with Crippen LogP contribution in [0.25, 0.3) is 0 Å². The summed E-state index contributed by atoms with van der Waals surface area (Å²) in [5, 5.41) is 28.3. The SMILES string of the molecule is CCc1ccc(CN(C[C@H](O)[C@H](Cc2ccccc2)NC(=O)[C@H]([C@@H](C)CC)N2CCN(Cc3cccc(C)n3)C2=O)NC(=O)C(NC(=O)O)C(C)(C)C)o1. The summed E-state index contributed by atoms with van der Waals surface area (Å²) in [5.41, 5.74) is 4.52. The number of carbonyl (C=O) groups excluding carboxylic acids is 3. The average Bonchev–Trinajstić information content (AvgIpc) is 3.72. The summed E-state index contributed by atoms with van der Waals surface area (Å²) < 4.78 is 5.93. The first-order valence-corrected chi connectivity index (χ1v) is 18.7. The lowest BCUT2D eigenvalue weighted by Crippen LogP contribution is -2.60. The molecule has 2 aromatic heterocycles. The molecule has 5 atom stereocenters. The van der Waals surface area contributed by atoms with E-state index in [0.717, 1.165) is 22.7 Å². The lowest BCUT2D eigenvalue weighted by Gasteiger charge is -2.35. The molecule has 0 bridgehead atoms. The van der Waals surface area contributed by atoms with Crippen LogP contribution in [0.1, 0.15) is 76.4 Å². The Hall–Kier alpha value is -4.95. The Morgan fingerprint density at radius 1 is 0.963 bits per heavy atom.